The van der Waals surface area contributed by atoms with Gasteiger partial charge >= 0.3 is 0 Å². The van der Waals surface area contributed by atoms with Gasteiger partial charge in [0.15, 0.2) is 5.82 Å². The summed E-state index contributed by atoms with van der Waals surface area (Å²) in [5.41, 5.74) is 0.639. The minimum Gasteiger partial charge on any atom is -0.352 e. The van der Waals surface area contributed by atoms with Gasteiger partial charge in [-0.25, -0.2) is 4.39 Å². The maximum Gasteiger partial charge on any atom is 0.258 e. The summed E-state index contributed by atoms with van der Waals surface area (Å²) in [5.74, 6) is -1.49. The molecule has 2 aromatic rings. The molecule has 1 aliphatic carbocycles. The van der Waals surface area contributed by atoms with Crippen LogP contribution in [-0.2, 0) is 4.74 Å². The molecule has 0 radical (unpaired) electrons. The number of ether oxygens (including phenoxy) is 1. The molecule has 0 aromatic heterocycles. The van der Waals surface area contributed by atoms with Crippen molar-refractivity contribution in [3.05, 3.63) is 65.0 Å². The quantitative estimate of drug-likeness (QED) is 0.496. The zero-order valence-electron chi connectivity index (χ0n) is 16.2. The molecule has 4 rings (SSSR count). The molecule has 1 amide bonds. The van der Waals surface area contributed by atoms with Crippen LogP contribution in [0.5, 0.6) is 0 Å². The SMILES string of the molecule is N#Cc1ccc(C(=O)N(CC2CC2)c2cccc(C(=O)C3(Cl)CCCO3)c2F)cc1. The van der Waals surface area contributed by atoms with Crippen LogP contribution in [0.1, 0.15) is 52.0 Å². The van der Waals surface area contributed by atoms with Crippen LogP contribution >= 0.6 is 11.6 Å². The van der Waals surface area contributed by atoms with E-state index in [0.717, 1.165) is 12.8 Å². The van der Waals surface area contributed by atoms with Gasteiger partial charge in [0, 0.05) is 25.1 Å². The van der Waals surface area contributed by atoms with Crippen molar-refractivity contribution in [2.45, 2.75) is 30.7 Å². The van der Waals surface area contributed by atoms with E-state index >= 15 is 4.39 Å². The highest BCUT2D eigenvalue weighted by Crippen LogP contribution is 2.37. The van der Waals surface area contributed by atoms with Crippen molar-refractivity contribution in [1.82, 2.24) is 0 Å². The number of nitriles is 1. The minimum atomic E-state index is -1.56. The summed E-state index contributed by atoms with van der Waals surface area (Å²) in [5, 5.41) is 7.41. The largest absolute Gasteiger partial charge is 0.352 e. The van der Waals surface area contributed by atoms with E-state index in [9.17, 15) is 9.59 Å². The zero-order chi connectivity index (χ0) is 21.3. The van der Waals surface area contributed by atoms with Crippen molar-refractivity contribution in [2.75, 3.05) is 18.1 Å². The summed E-state index contributed by atoms with van der Waals surface area (Å²) in [6.07, 6.45) is 2.88. The van der Waals surface area contributed by atoms with E-state index in [1.165, 1.54) is 17.0 Å². The number of rotatable bonds is 6. The van der Waals surface area contributed by atoms with Crippen molar-refractivity contribution < 1.29 is 18.7 Å². The van der Waals surface area contributed by atoms with Crippen LogP contribution in [0.3, 0.4) is 0 Å². The molecule has 1 atom stereocenters. The standard InChI is InChI=1S/C23H20ClFN2O3/c24-23(11-2-12-30-23)21(28)18-3-1-4-19(20(18)25)27(14-16-5-6-16)22(29)17-9-7-15(13-26)8-10-17/h1,3-4,7-10,16H,2,5-6,11-12,14H2. The van der Waals surface area contributed by atoms with Crippen molar-refractivity contribution in [3.63, 3.8) is 0 Å². The molecule has 154 valence electrons. The molecule has 1 saturated heterocycles. The van der Waals surface area contributed by atoms with E-state index in [0.29, 0.717) is 43.0 Å². The average molecular weight is 427 g/mol. The second-order valence-corrected chi connectivity index (χ2v) is 8.31. The van der Waals surface area contributed by atoms with E-state index in [1.54, 1.807) is 30.3 Å². The Morgan fingerprint density at radius 3 is 2.57 bits per heavy atom. The first-order valence-electron chi connectivity index (χ1n) is 9.91. The van der Waals surface area contributed by atoms with Gasteiger partial charge in [0.05, 0.1) is 22.9 Å². The average Bonchev–Trinajstić information content (AvgIpc) is 3.48. The van der Waals surface area contributed by atoms with Crippen LogP contribution in [0.2, 0.25) is 0 Å². The summed E-state index contributed by atoms with van der Waals surface area (Å²) in [4.78, 5) is 27.5. The van der Waals surface area contributed by atoms with E-state index in [4.69, 9.17) is 21.6 Å². The molecule has 2 aliphatic rings. The Morgan fingerprint density at radius 2 is 1.97 bits per heavy atom. The highest BCUT2D eigenvalue weighted by atomic mass is 35.5. The minimum absolute atomic E-state index is 0.0420. The predicted octanol–water partition coefficient (Wildman–Crippen LogP) is 4.68. The molecular formula is C23H20ClFN2O3. The van der Waals surface area contributed by atoms with Gasteiger partial charge in [-0.1, -0.05) is 17.7 Å². The number of hydrogen-bond donors (Lipinski definition) is 0. The molecule has 1 saturated carbocycles. The van der Waals surface area contributed by atoms with Gasteiger partial charge in [-0.15, -0.1) is 0 Å². The third-order valence-electron chi connectivity index (χ3n) is 5.47. The summed E-state index contributed by atoms with van der Waals surface area (Å²) < 4.78 is 20.9. The van der Waals surface area contributed by atoms with Crippen LogP contribution in [0.25, 0.3) is 0 Å². The van der Waals surface area contributed by atoms with Gasteiger partial charge in [0.2, 0.25) is 10.8 Å². The second kappa shape index (κ2) is 8.17. The summed E-state index contributed by atoms with van der Waals surface area (Å²) in [6.45, 7) is 0.706. The maximum absolute atomic E-state index is 15.5. The molecule has 0 N–H and O–H groups in total. The first-order chi connectivity index (χ1) is 14.4. The molecule has 7 heteroatoms. The Kier molecular flexibility index (Phi) is 5.59. The normalized spacial score (nSPS) is 20.6. The van der Waals surface area contributed by atoms with Crippen molar-refractivity contribution in [2.24, 2.45) is 5.92 Å². The topological polar surface area (TPSA) is 70.4 Å². The third kappa shape index (κ3) is 3.96. The van der Waals surface area contributed by atoms with Crippen LogP contribution in [-0.4, -0.2) is 29.9 Å². The van der Waals surface area contributed by atoms with Crippen LogP contribution in [0.4, 0.5) is 10.1 Å². The molecule has 0 bridgehead atoms. The van der Waals surface area contributed by atoms with Gasteiger partial charge < -0.3 is 9.64 Å². The fourth-order valence-electron chi connectivity index (χ4n) is 3.58. The Morgan fingerprint density at radius 1 is 1.23 bits per heavy atom. The van der Waals surface area contributed by atoms with Gasteiger partial charge in [-0.3, -0.25) is 9.59 Å². The molecule has 1 aliphatic heterocycles. The lowest BCUT2D eigenvalue weighted by Gasteiger charge is -2.25. The molecule has 0 spiro atoms. The third-order valence-corrected chi connectivity index (χ3v) is 5.94. The number of carbonyl (C=O) groups is 2. The second-order valence-electron chi connectivity index (χ2n) is 7.70. The molecule has 1 heterocycles. The first-order valence-corrected chi connectivity index (χ1v) is 10.3. The van der Waals surface area contributed by atoms with Gasteiger partial charge in [0.25, 0.3) is 5.91 Å². The number of anilines is 1. The van der Waals surface area contributed by atoms with Crippen LogP contribution in [0.15, 0.2) is 42.5 Å². The molecule has 1 unspecified atom stereocenters. The number of Topliss-reactive ketones (excluding diaryl/α,β-unsaturated/α-hetero) is 1. The lowest BCUT2D eigenvalue weighted by Crippen LogP contribution is -2.35. The monoisotopic (exact) mass is 426 g/mol. The number of alkyl halides is 1. The fourth-order valence-corrected chi connectivity index (χ4v) is 3.89. The van der Waals surface area contributed by atoms with E-state index in [2.05, 4.69) is 0 Å². The highest BCUT2D eigenvalue weighted by Gasteiger charge is 2.43. The number of ketones is 1. The summed E-state index contributed by atoms with van der Waals surface area (Å²) in [7, 11) is 0. The Hall–Kier alpha value is -2.75. The number of halogens is 2. The number of nitrogens with zero attached hydrogens (tertiary/aromatic N) is 2. The molecular weight excluding hydrogens is 407 g/mol. The summed E-state index contributed by atoms with van der Waals surface area (Å²) >= 11 is 6.30. The smallest absolute Gasteiger partial charge is 0.258 e. The van der Waals surface area contributed by atoms with E-state index < -0.39 is 16.7 Å². The lowest BCUT2D eigenvalue weighted by atomic mass is 10.0. The zero-order valence-corrected chi connectivity index (χ0v) is 17.0. The van der Waals surface area contributed by atoms with E-state index in [1.807, 2.05) is 6.07 Å². The van der Waals surface area contributed by atoms with E-state index in [-0.39, 0.29) is 17.2 Å². The maximum atomic E-state index is 15.5. The van der Waals surface area contributed by atoms with Crippen molar-refractivity contribution in [1.29, 1.82) is 5.26 Å². The van der Waals surface area contributed by atoms with Crippen molar-refractivity contribution >= 4 is 29.0 Å². The van der Waals surface area contributed by atoms with Crippen LogP contribution < -0.4 is 4.90 Å². The number of carbonyl (C=O) groups excluding carboxylic acids is 2. The molecule has 2 fully saturated rings. The van der Waals surface area contributed by atoms with Gasteiger partial charge in [-0.05, 0) is 61.6 Å². The molecule has 30 heavy (non-hydrogen) atoms. The molecule has 2 aromatic carbocycles. The first kappa shape index (κ1) is 20.5. The van der Waals surface area contributed by atoms with Gasteiger partial charge in [-0.2, -0.15) is 5.26 Å². The Bertz CT molecular complexity index is 1020. The fraction of sp³-hybridized carbons (Fsp3) is 0.348. The number of benzene rings is 2. The lowest BCUT2D eigenvalue weighted by molar-refractivity contribution is 0.0496. The predicted molar refractivity (Wildman–Crippen MR) is 110 cm³/mol. The number of amides is 1. The van der Waals surface area contributed by atoms with Crippen LogP contribution in [0, 0.1) is 23.1 Å². The Labute approximate surface area is 179 Å². The number of hydrogen-bond acceptors (Lipinski definition) is 4. The highest BCUT2D eigenvalue weighted by molar-refractivity contribution is 6.37. The van der Waals surface area contributed by atoms with Crippen molar-refractivity contribution in [3.8, 4) is 6.07 Å². The summed E-state index contributed by atoms with van der Waals surface area (Å²) in [6, 6.07) is 12.6. The Balaban J connectivity index is 1.70. The molecule has 5 nitrogen and oxygen atoms in total. The van der Waals surface area contributed by atoms with Gasteiger partial charge in [0.1, 0.15) is 0 Å².